The molecule has 1 saturated heterocycles. The number of carbonyl (C=O) groups excluding carboxylic acids is 1. The zero-order valence-electron chi connectivity index (χ0n) is 17.7. The van der Waals surface area contributed by atoms with Crippen LogP contribution < -0.4 is 4.72 Å². The van der Waals surface area contributed by atoms with Gasteiger partial charge in [-0.05, 0) is 43.4 Å². The van der Waals surface area contributed by atoms with Crippen LogP contribution in [0.25, 0.3) is 0 Å². The number of sulfonamides is 1. The monoisotopic (exact) mass is 411 g/mol. The minimum absolute atomic E-state index is 0.0412. The van der Waals surface area contributed by atoms with Gasteiger partial charge in [-0.15, -0.1) is 0 Å². The van der Waals surface area contributed by atoms with Crippen LogP contribution in [0.5, 0.6) is 0 Å². The number of hydrogen-bond donors (Lipinski definition) is 1. The lowest BCUT2D eigenvalue weighted by Crippen LogP contribution is -2.64. The number of esters is 1. The summed E-state index contributed by atoms with van der Waals surface area (Å²) in [4.78, 5) is 12.3. The molecule has 0 saturated carbocycles. The molecule has 0 aliphatic carbocycles. The van der Waals surface area contributed by atoms with Gasteiger partial charge in [-0.2, -0.15) is 4.72 Å². The Morgan fingerprint density at radius 2 is 1.89 bits per heavy atom. The quantitative estimate of drug-likeness (QED) is 0.385. The van der Waals surface area contributed by atoms with Gasteiger partial charge in [0.25, 0.3) is 0 Å². The molecule has 0 bridgehead atoms. The Morgan fingerprint density at radius 1 is 1.21 bits per heavy atom. The largest absolute Gasteiger partial charge is 0.469 e. The van der Waals surface area contributed by atoms with Crippen LogP contribution in [0.1, 0.15) is 51.0 Å². The fourth-order valence-corrected chi connectivity index (χ4v) is 5.61. The molecule has 1 N–H and O–H groups in total. The fraction of sp³-hybridized carbons (Fsp3) is 0.667. The average Bonchev–Trinajstić information content (AvgIpc) is 2.60. The maximum Gasteiger partial charge on any atom is 0.307 e. The minimum atomic E-state index is -3.73. The minimum Gasteiger partial charge on any atom is -0.469 e. The molecule has 1 fully saturated rings. The van der Waals surface area contributed by atoms with Crippen LogP contribution in [0.3, 0.4) is 0 Å². The highest BCUT2D eigenvalue weighted by Crippen LogP contribution is 2.30. The van der Waals surface area contributed by atoms with Crippen molar-refractivity contribution in [2.24, 2.45) is 0 Å². The number of unbranched alkanes of at least 4 members (excludes halogenated alkanes) is 2. The molecule has 1 unspecified atom stereocenters. The van der Waals surface area contributed by atoms with Crippen molar-refractivity contribution in [1.29, 1.82) is 0 Å². The molecule has 1 heterocycles. The van der Waals surface area contributed by atoms with Gasteiger partial charge in [-0.3, -0.25) is 4.79 Å². The van der Waals surface area contributed by atoms with Gasteiger partial charge < -0.3 is 9.22 Å². The van der Waals surface area contributed by atoms with E-state index in [4.69, 9.17) is 4.74 Å². The van der Waals surface area contributed by atoms with Gasteiger partial charge in [0, 0.05) is 0 Å². The number of quaternary nitrogens is 1. The second-order valence-electron chi connectivity index (χ2n) is 8.66. The highest BCUT2D eigenvalue weighted by Gasteiger charge is 2.45. The van der Waals surface area contributed by atoms with Crippen LogP contribution in [-0.4, -0.2) is 58.7 Å². The molecule has 1 aliphatic rings. The summed E-state index contributed by atoms with van der Waals surface area (Å²) in [6.45, 7) is 3.67. The van der Waals surface area contributed by atoms with E-state index < -0.39 is 21.5 Å². The van der Waals surface area contributed by atoms with Crippen molar-refractivity contribution in [3.05, 3.63) is 29.8 Å². The van der Waals surface area contributed by atoms with Crippen LogP contribution in [0, 0.1) is 0 Å². The first-order chi connectivity index (χ1) is 13.1. The summed E-state index contributed by atoms with van der Waals surface area (Å²) < 4.78 is 34.6. The van der Waals surface area contributed by atoms with Crippen LogP contribution in [-0.2, 0) is 26.0 Å². The summed E-state index contributed by atoms with van der Waals surface area (Å²) in [6.07, 6.45) is 5.91. The van der Waals surface area contributed by atoms with Gasteiger partial charge in [-0.25, -0.2) is 8.42 Å². The number of nitrogens with zero attached hydrogens (tertiary/aromatic N) is 1. The predicted molar refractivity (Wildman–Crippen MR) is 110 cm³/mol. The number of methoxy groups -OCH3 is 1. The zero-order valence-corrected chi connectivity index (χ0v) is 18.5. The number of piperidine rings is 1. The van der Waals surface area contributed by atoms with E-state index in [9.17, 15) is 13.2 Å². The summed E-state index contributed by atoms with van der Waals surface area (Å²) in [5.74, 6) is -0.393. The van der Waals surface area contributed by atoms with E-state index in [1.165, 1.54) is 13.5 Å². The van der Waals surface area contributed by atoms with E-state index in [0.29, 0.717) is 17.4 Å². The molecule has 28 heavy (non-hydrogen) atoms. The molecular weight excluding hydrogens is 376 g/mol. The summed E-state index contributed by atoms with van der Waals surface area (Å²) in [6, 6.07) is 7.10. The molecule has 6 nitrogen and oxygen atoms in total. The molecule has 1 aromatic rings. The number of aryl methyl sites for hydroxylation is 1. The van der Waals surface area contributed by atoms with Crippen LogP contribution in [0.15, 0.2) is 29.2 Å². The van der Waals surface area contributed by atoms with Gasteiger partial charge in [0.15, 0.2) is 0 Å². The zero-order chi connectivity index (χ0) is 20.8. The van der Waals surface area contributed by atoms with E-state index in [1.807, 2.05) is 12.1 Å². The van der Waals surface area contributed by atoms with Crippen molar-refractivity contribution < 1.29 is 22.4 Å². The predicted octanol–water partition coefficient (Wildman–Crippen LogP) is 2.87. The van der Waals surface area contributed by atoms with Gasteiger partial charge in [0.05, 0.1) is 51.1 Å². The summed E-state index contributed by atoms with van der Waals surface area (Å²) in [7, 11) is 1.73. The molecule has 0 radical (unpaired) electrons. The third-order valence-electron chi connectivity index (χ3n) is 5.51. The number of benzene rings is 1. The Balaban J connectivity index is 2.21. The molecule has 0 spiro atoms. The number of nitrogens with one attached hydrogen (secondary N) is 1. The lowest BCUT2D eigenvalue weighted by molar-refractivity contribution is -0.899. The summed E-state index contributed by atoms with van der Waals surface area (Å²) in [5.41, 5.74) is 0.320. The number of ether oxygens (including phenoxy) is 1. The van der Waals surface area contributed by atoms with E-state index in [-0.39, 0.29) is 11.3 Å². The van der Waals surface area contributed by atoms with Gasteiger partial charge in [0.2, 0.25) is 10.0 Å². The Bertz CT molecular complexity index is 759. The van der Waals surface area contributed by atoms with Crippen LogP contribution in [0.2, 0.25) is 0 Å². The first-order valence-corrected chi connectivity index (χ1v) is 11.6. The van der Waals surface area contributed by atoms with Crippen molar-refractivity contribution in [3.63, 3.8) is 0 Å². The Labute approximate surface area is 169 Å². The van der Waals surface area contributed by atoms with E-state index in [0.717, 1.165) is 37.8 Å². The van der Waals surface area contributed by atoms with Crippen molar-refractivity contribution >= 4 is 16.0 Å². The highest BCUT2D eigenvalue weighted by atomic mass is 32.2. The van der Waals surface area contributed by atoms with Crippen molar-refractivity contribution in [1.82, 2.24) is 4.72 Å². The van der Waals surface area contributed by atoms with E-state index >= 15 is 0 Å². The molecule has 0 aromatic heterocycles. The van der Waals surface area contributed by atoms with Crippen LogP contribution in [0.4, 0.5) is 0 Å². The lowest BCUT2D eigenvalue weighted by atomic mass is 9.86. The molecule has 1 aliphatic heterocycles. The number of likely N-dealkylation sites (N-methyl/N-ethyl adjacent to an activating group) is 1. The third kappa shape index (κ3) is 6.29. The number of carbonyl (C=O) groups is 1. The van der Waals surface area contributed by atoms with Gasteiger partial charge in [0.1, 0.15) is 0 Å². The second-order valence-corrected chi connectivity index (χ2v) is 10.3. The first kappa shape index (κ1) is 22.8. The molecule has 1 aromatic carbocycles. The summed E-state index contributed by atoms with van der Waals surface area (Å²) in [5, 5.41) is 0. The molecule has 2 rings (SSSR count). The lowest BCUT2D eigenvalue weighted by Gasteiger charge is -2.45. The fourth-order valence-electron chi connectivity index (χ4n) is 4.19. The maximum atomic E-state index is 13.1. The van der Waals surface area contributed by atoms with Crippen LogP contribution >= 0.6 is 0 Å². The van der Waals surface area contributed by atoms with E-state index in [1.54, 1.807) is 12.1 Å². The Kier molecular flexibility index (Phi) is 7.65. The van der Waals surface area contributed by atoms with Crippen molar-refractivity contribution in [2.45, 2.75) is 62.3 Å². The topological polar surface area (TPSA) is 72.5 Å². The summed E-state index contributed by atoms with van der Waals surface area (Å²) >= 11 is 0. The van der Waals surface area contributed by atoms with Gasteiger partial charge in [-0.1, -0.05) is 31.9 Å². The molecule has 7 heteroatoms. The number of rotatable bonds is 9. The first-order valence-electron chi connectivity index (χ1n) is 10.1. The number of likely N-dealkylation sites (tertiary alicyclic amines) is 1. The second kappa shape index (κ2) is 9.37. The third-order valence-corrected chi connectivity index (χ3v) is 7.11. The standard InChI is InChI=1S/C21H35N2O4S/c1-5-6-7-9-18-10-12-19(13-11-18)28(25,26)22-21(16-20(24)27-4)14-8-15-23(2,3)17-21/h10-13,22H,5-9,14-17H2,1-4H3/q+1. The highest BCUT2D eigenvalue weighted by molar-refractivity contribution is 7.89. The number of hydrogen-bond acceptors (Lipinski definition) is 4. The smallest absolute Gasteiger partial charge is 0.307 e. The van der Waals surface area contributed by atoms with Crippen molar-refractivity contribution in [2.75, 3.05) is 34.3 Å². The molecule has 158 valence electrons. The SMILES string of the molecule is CCCCCc1ccc(S(=O)(=O)NC2(CC(=O)OC)CCC[N+](C)(C)C2)cc1. The average molecular weight is 412 g/mol. The molecule has 1 atom stereocenters. The normalized spacial score (nSPS) is 22.0. The van der Waals surface area contributed by atoms with Crippen molar-refractivity contribution in [3.8, 4) is 0 Å². The molecular formula is C21H35N2O4S+. The molecule has 0 amide bonds. The van der Waals surface area contributed by atoms with E-state index in [2.05, 4.69) is 25.7 Å². The maximum absolute atomic E-state index is 13.1. The Hall–Kier alpha value is -1.44. The van der Waals surface area contributed by atoms with Gasteiger partial charge >= 0.3 is 5.97 Å². The Morgan fingerprint density at radius 3 is 2.46 bits per heavy atom.